The molecule has 0 spiro atoms. The van der Waals surface area contributed by atoms with Crippen molar-refractivity contribution in [3.63, 3.8) is 0 Å². The number of para-hydroxylation sites is 2. The lowest BCUT2D eigenvalue weighted by Crippen LogP contribution is -2.16. The van der Waals surface area contributed by atoms with Crippen molar-refractivity contribution in [2.24, 2.45) is 0 Å². The number of aromatic nitrogens is 3. The number of hydrogen-bond acceptors (Lipinski definition) is 6. The summed E-state index contributed by atoms with van der Waals surface area (Å²) in [5.74, 6) is 0.483. The highest BCUT2D eigenvalue weighted by Gasteiger charge is 2.23. The maximum Gasteiger partial charge on any atom is 0.319 e. The van der Waals surface area contributed by atoms with E-state index in [2.05, 4.69) is 22.1 Å². The molecule has 0 fully saturated rings. The molecule has 4 rings (SSSR count). The molecule has 158 valence electrons. The Labute approximate surface area is 185 Å². The van der Waals surface area contributed by atoms with Gasteiger partial charge in [0.15, 0.2) is 0 Å². The number of ether oxygens (including phenoxy) is 2. The van der Waals surface area contributed by atoms with Gasteiger partial charge >= 0.3 is 5.97 Å². The van der Waals surface area contributed by atoms with Gasteiger partial charge in [-0.1, -0.05) is 54.2 Å². The van der Waals surface area contributed by atoms with Crippen LogP contribution in [-0.4, -0.2) is 39.5 Å². The van der Waals surface area contributed by atoms with Gasteiger partial charge in [0.05, 0.1) is 24.8 Å². The molecule has 0 aliphatic carbocycles. The Balaban J connectivity index is 1.93. The number of nitrogens with zero attached hydrogens (tertiary/aromatic N) is 3. The summed E-state index contributed by atoms with van der Waals surface area (Å²) in [5.41, 5.74) is 3.66. The molecule has 0 bridgehead atoms. The number of methoxy groups -OCH3 is 1. The maximum absolute atomic E-state index is 12.2. The van der Waals surface area contributed by atoms with Crippen molar-refractivity contribution in [3.05, 3.63) is 67.1 Å². The fraction of sp³-hybridized carbons (Fsp3) is 0.208. The molecule has 0 saturated heterocycles. The average Bonchev–Trinajstić information content (AvgIpc) is 3.20. The highest BCUT2D eigenvalue weighted by atomic mass is 32.2. The molecule has 6 nitrogen and oxygen atoms in total. The lowest BCUT2D eigenvalue weighted by Gasteiger charge is -2.12. The van der Waals surface area contributed by atoms with Crippen LogP contribution in [0.4, 0.5) is 0 Å². The molecule has 2 aromatic carbocycles. The quantitative estimate of drug-likeness (QED) is 0.228. The van der Waals surface area contributed by atoms with E-state index in [0.717, 1.165) is 38.6 Å². The van der Waals surface area contributed by atoms with Crippen LogP contribution < -0.4 is 4.74 Å². The first kappa shape index (κ1) is 20.9. The summed E-state index contributed by atoms with van der Waals surface area (Å²) in [4.78, 5) is 21.4. The lowest BCUT2D eigenvalue weighted by molar-refractivity contribution is -0.142. The zero-order chi connectivity index (χ0) is 21.8. The standard InChI is InChI=1S/C24H23N3O3S/c1-4-30-24(28)16(2)31-23-21-18(17-10-6-5-7-11-17)14-27(22(21)25-15-26-23)19-12-8-9-13-20(19)29-3/h5-16H,4H2,1-3H3. The molecule has 1 unspecified atom stereocenters. The molecule has 0 aliphatic heterocycles. The number of carbonyl (C=O) groups excluding carboxylic acids is 1. The van der Waals surface area contributed by atoms with Gasteiger partial charge in [-0.15, -0.1) is 0 Å². The fourth-order valence-corrected chi connectivity index (χ4v) is 4.37. The Morgan fingerprint density at radius 2 is 1.84 bits per heavy atom. The Morgan fingerprint density at radius 3 is 2.58 bits per heavy atom. The van der Waals surface area contributed by atoms with Crippen molar-refractivity contribution < 1.29 is 14.3 Å². The van der Waals surface area contributed by atoms with Crippen molar-refractivity contribution in [1.82, 2.24) is 14.5 Å². The third kappa shape index (κ3) is 4.14. The van der Waals surface area contributed by atoms with Gasteiger partial charge in [-0.25, -0.2) is 9.97 Å². The third-order valence-corrected chi connectivity index (χ3v) is 5.96. The Bertz CT molecular complexity index is 1210. The minimum absolute atomic E-state index is 0.260. The average molecular weight is 434 g/mol. The summed E-state index contributed by atoms with van der Waals surface area (Å²) >= 11 is 1.38. The minimum Gasteiger partial charge on any atom is -0.495 e. The summed E-state index contributed by atoms with van der Waals surface area (Å²) in [5, 5.41) is 1.23. The molecular formula is C24H23N3O3S. The number of rotatable bonds is 7. The molecule has 2 aromatic heterocycles. The van der Waals surface area contributed by atoms with Crippen LogP contribution in [0, 0.1) is 0 Å². The predicted molar refractivity (Wildman–Crippen MR) is 123 cm³/mol. The van der Waals surface area contributed by atoms with E-state index < -0.39 is 5.25 Å². The highest BCUT2D eigenvalue weighted by Crippen LogP contribution is 2.39. The number of fused-ring (bicyclic) bond motifs is 1. The predicted octanol–water partition coefficient (Wildman–Crippen LogP) is 5.14. The molecule has 31 heavy (non-hydrogen) atoms. The van der Waals surface area contributed by atoms with Crippen molar-refractivity contribution in [1.29, 1.82) is 0 Å². The Kier molecular flexibility index (Phi) is 6.23. The zero-order valence-electron chi connectivity index (χ0n) is 17.6. The molecule has 7 heteroatoms. The van der Waals surface area contributed by atoms with Crippen molar-refractivity contribution in [3.8, 4) is 22.6 Å². The van der Waals surface area contributed by atoms with E-state index >= 15 is 0 Å². The van der Waals surface area contributed by atoms with Gasteiger partial charge in [0, 0.05) is 11.8 Å². The van der Waals surface area contributed by atoms with Gasteiger partial charge in [0.25, 0.3) is 0 Å². The third-order valence-electron chi connectivity index (χ3n) is 4.88. The topological polar surface area (TPSA) is 66.2 Å². The van der Waals surface area contributed by atoms with E-state index in [1.54, 1.807) is 14.0 Å². The first-order valence-corrected chi connectivity index (χ1v) is 10.9. The Hall–Kier alpha value is -3.32. The molecule has 1 atom stereocenters. The largest absolute Gasteiger partial charge is 0.495 e. The van der Waals surface area contributed by atoms with Crippen LogP contribution in [0.3, 0.4) is 0 Å². The lowest BCUT2D eigenvalue weighted by atomic mass is 10.1. The second kappa shape index (κ2) is 9.22. The molecule has 0 aliphatic rings. The van der Waals surface area contributed by atoms with Crippen molar-refractivity contribution in [2.45, 2.75) is 24.1 Å². The van der Waals surface area contributed by atoms with Gasteiger partial charge in [-0.3, -0.25) is 9.36 Å². The number of esters is 1. The van der Waals surface area contributed by atoms with E-state index in [1.165, 1.54) is 18.1 Å². The summed E-state index contributed by atoms with van der Waals surface area (Å²) in [6.45, 7) is 3.98. The van der Waals surface area contributed by atoms with Gasteiger partial charge < -0.3 is 9.47 Å². The van der Waals surface area contributed by atoms with Crippen molar-refractivity contribution in [2.75, 3.05) is 13.7 Å². The van der Waals surface area contributed by atoms with Crippen molar-refractivity contribution >= 4 is 28.8 Å². The number of benzene rings is 2. The molecule has 0 saturated carbocycles. The summed E-state index contributed by atoms with van der Waals surface area (Å²) in [6, 6.07) is 17.9. The highest BCUT2D eigenvalue weighted by molar-refractivity contribution is 8.00. The van der Waals surface area contributed by atoms with E-state index in [1.807, 2.05) is 60.2 Å². The number of carbonyl (C=O) groups is 1. The Morgan fingerprint density at radius 1 is 1.10 bits per heavy atom. The number of hydrogen-bond donors (Lipinski definition) is 0. The molecule has 2 heterocycles. The zero-order valence-corrected chi connectivity index (χ0v) is 18.4. The first-order valence-electron chi connectivity index (χ1n) is 10.0. The van der Waals surface area contributed by atoms with Gasteiger partial charge in [0.2, 0.25) is 0 Å². The minimum atomic E-state index is -0.392. The van der Waals surface area contributed by atoms with Gasteiger partial charge in [0.1, 0.15) is 28.0 Å². The molecular weight excluding hydrogens is 410 g/mol. The fourth-order valence-electron chi connectivity index (χ4n) is 3.45. The van der Waals surface area contributed by atoms with Crippen LogP contribution >= 0.6 is 11.8 Å². The summed E-state index contributed by atoms with van der Waals surface area (Å²) in [7, 11) is 1.65. The van der Waals surface area contributed by atoms with Crippen LogP contribution in [0.25, 0.3) is 27.8 Å². The van der Waals surface area contributed by atoms with E-state index in [9.17, 15) is 4.79 Å². The monoisotopic (exact) mass is 433 g/mol. The van der Waals surface area contributed by atoms with E-state index in [0.29, 0.717) is 6.61 Å². The molecule has 0 radical (unpaired) electrons. The van der Waals surface area contributed by atoms with Crippen LogP contribution in [0.15, 0.2) is 72.1 Å². The number of thioether (sulfide) groups is 1. The first-order chi connectivity index (χ1) is 15.1. The van der Waals surface area contributed by atoms with Gasteiger partial charge in [-0.2, -0.15) is 0 Å². The second-order valence-electron chi connectivity index (χ2n) is 6.84. The SMILES string of the molecule is CCOC(=O)C(C)Sc1ncnc2c1c(-c1ccccc1)cn2-c1ccccc1OC. The van der Waals surface area contributed by atoms with Crippen LogP contribution in [-0.2, 0) is 9.53 Å². The van der Waals surface area contributed by atoms with Crippen LogP contribution in [0.1, 0.15) is 13.8 Å². The van der Waals surface area contributed by atoms with Crippen LogP contribution in [0.5, 0.6) is 5.75 Å². The maximum atomic E-state index is 12.2. The molecule has 0 amide bonds. The molecule has 4 aromatic rings. The summed E-state index contributed by atoms with van der Waals surface area (Å²) < 4.78 is 12.8. The smallest absolute Gasteiger partial charge is 0.319 e. The normalized spacial score (nSPS) is 12.0. The second-order valence-corrected chi connectivity index (χ2v) is 8.17. The summed E-state index contributed by atoms with van der Waals surface area (Å²) in [6.07, 6.45) is 3.58. The van der Waals surface area contributed by atoms with Crippen LogP contribution in [0.2, 0.25) is 0 Å². The van der Waals surface area contributed by atoms with Gasteiger partial charge in [-0.05, 0) is 31.5 Å². The van der Waals surface area contributed by atoms with E-state index in [-0.39, 0.29) is 5.97 Å². The molecule has 0 N–H and O–H groups in total. The van der Waals surface area contributed by atoms with E-state index in [4.69, 9.17) is 9.47 Å².